The molecule has 0 aliphatic rings. The maximum absolute atomic E-state index is 14.0. The van der Waals surface area contributed by atoms with E-state index in [0.717, 1.165) is 47.8 Å². The van der Waals surface area contributed by atoms with Gasteiger partial charge >= 0.3 is 0 Å². The number of aromatic nitrogens is 2. The van der Waals surface area contributed by atoms with E-state index in [4.69, 9.17) is 16.3 Å². The summed E-state index contributed by atoms with van der Waals surface area (Å²) < 4.78 is 33.4. The Morgan fingerprint density at radius 2 is 1.87 bits per heavy atom. The molecule has 0 unspecified atom stereocenters. The number of carbonyl (C=O) groups is 1. The smallest absolute Gasteiger partial charge is 0.141 e. The van der Waals surface area contributed by atoms with Gasteiger partial charge in [0.15, 0.2) is 0 Å². The maximum atomic E-state index is 14.0. The summed E-state index contributed by atoms with van der Waals surface area (Å²) in [6.07, 6.45) is 8.08. The second-order valence-electron chi connectivity index (χ2n) is 8.07. The fraction of sp³-hybridized carbons (Fsp3) is 0.250. The van der Waals surface area contributed by atoms with Crippen LogP contribution in [0.25, 0.3) is 26.7 Å². The van der Waals surface area contributed by atoms with Crippen LogP contribution in [0.5, 0.6) is 5.75 Å². The van der Waals surface area contributed by atoms with E-state index in [-0.39, 0.29) is 47.6 Å². The standard InChI is InChI=1S/C21H14ClF2N3O2S.C7H14.W/c1-29-16-5-2-11(15-10-25-6-7-26-15)8-12(16)9-27-21(28)20-18(22)17-13(23)3-4-14(24)19(17)30-20;1-4-7(5-2)6-3;/h2-8,10H,9H2,1H3,(H,27,28);7H,1-2,4-6H2,3H3;/q;-2;/p-1. The van der Waals surface area contributed by atoms with Gasteiger partial charge < -0.3 is 28.7 Å². The van der Waals surface area contributed by atoms with Crippen molar-refractivity contribution < 1.29 is 39.4 Å². The van der Waals surface area contributed by atoms with Crippen molar-refractivity contribution in [2.24, 2.45) is 5.92 Å². The topological polar surface area (TPSA) is 66.2 Å². The average molecular weight is 727 g/mol. The van der Waals surface area contributed by atoms with E-state index in [0.29, 0.717) is 17.0 Å². The third-order valence-corrected chi connectivity index (χ3v) is 7.48. The van der Waals surface area contributed by atoms with Crippen molar-refractivity contribution in [2.45, 2.75) is 32.7 Å². The molecule has 0 aliphatic heterocycles. The second-order valence-corrected chi connectivity index (χ2v) is 9.47. The van der Waals surface area contributed by atoms with Gasteiger partial charge in [0.1, 0.15) is 17.4 Å². The molecule has 10 heteroatoms. The summed E-state index contributed by atoms with van der Waals surface area (Å²) in [7, 11) is 1.51. The summed E-state index contributed by atoms with van der Waals surface area (Å²) in [5.41, 5.74) is 2.08. The van der Waals surface area contributed by atoms with E-state index in [2.05, 4.69) is 36.1 Å². The van der Waals surface area contributed by atoms with Crippen molar-refractivity contribution in [1.29, 1.82) is 0 Å². The van der Waals surface area contributed by atoms with Crippen LogP contribution in [0.2, 0.25) is 5.02 Å². The largest absolute Gasteiger partial charge is 0.645 e. The Morgan fingerprint density at radius 3 is 2.42 bits per heavy atom. The van der Waals surface area contributed by atoms with Crippen molar-refractivity contribution >= 4 is 38.9 Å². The van der Waals surface area contributed by atoms with Crippen LogP contribution in [0.4, 0.5) is 8.78 Å². The van der Waals surface area contributed by atoms with Gasteiger partial charge in [0.25, 0.3) is 0 Å². The molecule has 0 spiro atoms. The van der Waals surface area contributed by atoms with Gasteiger partial charge in [-0.3, -0.25) is 9.97 Å². The number of amides is 1. The normalized spacial score (nSPS) is 10.5. The first-order chi connectivity index (χ1) is 17.8. The van der Waals surface area contributed by atoms with E-state index >= 15 is 0 Å². The predicted molar refractivity (Wildman–Crippen MR) is 146 cm³/mol. The zero-order valence-electron chi connectivity index (χ0n) is 21.0. The van der Waals surface area contributed by atoms with E-state index in [9.17, 15) is 13.6 Å². The average Bonchev–Trinajstić information content (AvgIpc) is 3.29. The molecule has 0 bridgehead atoms. The van der Waals surface area contributed by atoms with Gasteiger partial charge in [-0.15, -0.1) is 11.3 Å². The molecule has 0 radical (unpaired) electrons. The Balaban J connectivity index is 0.000000561. The van der Waals surface area contributed by atoms with Gasteiger partial charge in [-0.1, -0.05) is 37.4 Å². The second kappa shape index (κ2) is 15.2. The third kappa shape index (κ3) is 7.58. The first kappa shape index (κ1) is 31.8. The third-order valence-electron chi connectivity index (χ3n) is 5.80. The number of ether oxygens (including phenoxy) is 1. The van der Waals surface area contributed by atoms with Crippen LogP contribution in [-0.4, -0.2) is 23.0 Å². The molecule has 1 amide bonds. The van der Waals surface area contributed by atoms with Crippen molar-refractivity contribution in [3.63, 3.8) is 0 Å². The van der Waals surface area contributed by atoms with Gasteiger partial charge in [0.05, 0.1) is 44.9 Å². The molecule has 2 aromatic heterocycles. The molecule has 202 valence electrons. The number of methoxy groups -OCH3 is 1. The molecule has 5 nitrogen and oxygen atoms in total. The van der Waals surface area contributed by atoms with Crippen LogP contribution in [-0.2, 0) is 27.6 Å². The zero-order chi connectivity index (χ0) is 26.9. The minimum absolute atomic E-state index is 0. The van der Waals surface area contributed by atoms with Crippen LogP contribution in [0.3, 0.4) is 0 Å². The van der Waals surface area contributed by atoms with Crippen LogP contribution in [0, 0.1) is 31.4 Å². The number of benzene rings is 2. The monoisotopic (exact) mass is 726 g/mol. The number of thiophene rings is 1. The Bertz CT molecular complexity index is 1350. The first-order valence-electron chi connectivity index (χ1n) is 11.6. The van der Waals surface area contributed by atoms with Gasteiger partial charge in [-0.05, 0) is 35.9 Å². The quantitative estimate of drug-likeness (QED) is 0.171. The SMILES string of the molecule is COc1ccc(-c2cnccn2)cc1C[N-]C(=O)c1sc2c(F)ccc(F)c2c1Cl.[CH2-]CC(C[CH2-])CC.[W]. The molecule has 0 saturated heterocycles. The van der Waals surface area contributed by atoms with Crippen LogP contribution >= 0.6 is 22.9 Å². The Labute approximate surface area is 245 Å². The van der Waals surface area contributed by atoms with Gasteiger partial charge in [-0.2, -0.15) is 12.8 Å². The zero-order valence-corrected chi connectivity index (χ0v) is 25.6. The summed E-state index contributed by atoms with van der Waals surface area (Å²) >= 11 is 6.94. The number of halogens is 3. The molecule has 2 heterocycles. The summed E-state index contributed by atoms with van der Waals surface area (Å²) in [6.45, 7) is 9.75. The van der Waals surface area contributed by atoms with Gasteiger partial charge in [0, 0.05) is 39.0 Å². The molecule has 2 aromatic carbocycles. The fourth-order valence-electron chi connectivity index (χ4n) is 3.53. The molecular weight excluding hydrogens is 700 g/mol. The van der Waals surface area contributed by atoms with E-state index in [1.54, 1.807) is 30.7 Å². The summed E-state index contributed by atoms with van der Waals surface area (Å²) in [5, 5.41) is 3.80. The molecule has 0 atom stereocenters. The molecule has 38 heavy (non-hydrogen) atoms. The number of hydrogen-bond donors (Lipinski definition) is 0. The minimum atomic E-state index is -0.690. The first-order valence-corrected chi connectivity index (χ1v) is 12.8. The number of carbonyl (C=O) groups excluding carboxylic acids is 1. The summed E-state index contributed by atoms with van der Waals surface area (Å²) in [5.74, 6) is -0.689. The Hall–Kier alpha value is -2.41. The Kier molecular flexibility index (Phi) is 12.8. The van der Waals surface area contributed by atoms with Crippen molar-refractivity contribution in [1.82, 2.24) is 9.97 Å². The number of fused-ring (bicyclic) bond motifs is 1. The van der Waals surface area contributed by atoms with E-state index < -0.39 is 17.5 Å². The maximum Gasteiger partial charge on any atom is 0.141 e. The number of hydrogen-bond acceptors (Lipinski definition) is 5. The van der Waals surface area contributed by atoms with E-state index in [1.807, 2.05) is 6.07 Å². The number of rotatable bonds is 8. The minimum Gasteiger partial charge on any atom is -0.645 e. The Morgan fingerprint density at radius 1 is 1.16 bits per heavy atom. The fourth-order valence-corrected chi connectivity index (χ4v) is 4.98. The van der Waals surface area contributed by atoms with Crippen molar-refractivity contribution in [3.8, 4) is 17.0 Å². The number of nitrogens with zero attached hydrogens (tertiary/aromatic N) is 3. The molecule has 0 N–H and O–H groups in total. The van der Waals surface area contributed by atoms with Crippen LogP contribution < -0.4 is 4.74 Å². The molecule has 0 aliphatic carbocycles. The molecule has 0 saturated carbocycles. The molecule has 4 aromatic rings. The molecular formula is C28H27ClF2N3O2SW-3. The van der Waals surface area contributed by atoms with Gasteiger partial charge in [0.2, 0.25) is 0 Å². The van der Waals surface area contributed by atoms with Crippen molar-refractivity contribution in [2.75, 3.05) is 7.11 Å². The van der Waals surface area contributed by atoms with Crippen LogP contribution in [0.15, 0.2) is 48.9 Å². The van der Waals surface area contributed by atoms with Gasteiger partial charge in [-0.25, -0.2) is 8.78 Å². The predicted octanol–water partition coefficient (Wildman–Crippen LogP) is 8.47. The summed E-state index contributed by atoms with van der Waals surface area (Å²) in [4.78, 5) is 20.9. The van der Waals surface area contributed by atoms with E-state index in [1.165, 1.54) is 13.5 Å². The van der Waals surface area contributed by atoms with Crippen LogP contribution in [0.1, 0.15) is 41.4 Å². The summed E-state index contributed by atoms with van der Waals surface area (Å²) in [6, 6.07) is 7.34. The van der Waals surface area contributed by atoms with Crippen molar-refractivity contribution in [3.05, 3.63) is 95.2 Å². The molecule has 0 fully saturated rings. The molecule has 4 rings (SSSR count).